The van der Waals surface area contributed by atoms with Crippen molar-refractivity contribution in [1.29, 1.82) is 0 Å². The third-order valence-corrected chi connectivity index (χ3v) is 14.1. The number of aliphatic hydroxyl groups excluding tert-OH is 1. The molecule has 1 aromatic heterocycles. The Morgan fingerprint density at radius 1 is 1.14 bits per heavy atom. The molecule has 1 saturated carbocycles. The maximum absolute atomic E-state index is 13.7. The zero-order chi connectivity index (χ0) is 25.8. The van der Waals surface area contributed by atoms with Crippen molar-refractivity contribution in [1.82, 2.24) is 4.98 Å². The third kappa shape index (κ3) is 5.55. The molecule has 1 unspecified atom stereocenters. The van der Waals surface area contributed by atoms with E-state index in [4.69, 9.17) is 9.41 Å². The summed E-state index contributed by atoms with van der Waals surface area (Å²) in [5, 5.41) is 11.8. The lowest BCUT2D eigenvalue weighted by Gasteiger charge is -2.44. The fraction of sp³-hybridized carbons (Fsp3) is 0.621. The van der Waals surface area contributed by atoms with Gasteiger partial charge in [0.1, 0.15) is 11.9 Å². The van der Waals surface area contributed by atoms with Gasteiger partial charge in [0.05, 0.1) is 11.8 Å². The summed E-state index contributed by atoms with van der Waals surface area (Å²) in [7, 11) is -2.04. The number of aliphatic hydroxyl groups is 1. The molecule has 0 saturated heterocycles. The van der Waals surface area contributed by atoms with Gasteiger partial charge in [-0.15, -0.1) is 0 Å². The SMILES string of the molecule is CC1(C)Cc2nc(C3CCCC3)c(C(O)c3ccc(F)cc3)c(I)c2[C@H](O[Si](C)(C)C(C)(C)C)C1. The fourth-order valence-corrected chi connectivity index (χ4v) is 7.95. The van der Waals surface area contributed by atoms with Gasteiger partial charge in [0.15, 0.2) is 8.32 Å². The van der Waals surface area contributed by atoms with Crippen LogP contribution in [0.5, 0.6) is 0 Å². The molecule has 1 fully saturated rings. The molecule has 35 heavy (non-hydrogen) atoms. The third-order valence-electron chi connectivity index (χ3n) is 8.47. The highest BCUT2D eigenvalue weighted by Gasteiger charge is 2.44. The molecule has 2 aromatic rings. The van der Waals surface area contributed by atoms with Crippen LogP contribution in [-0.4, -0.2) is 18.4 Å². The van der Waals surface area contributed by atoms with Crippen molar-refractivity contribution in [3.8, 4) is 0 Å². The molecule has 2 atom stereocenters. The van der Waals surface area contributed by atoms with Crippen LogP contribution in [-0.2, 0) is 10.8 Å². The van der Waals surface area contributed by atoms with E-state index in [0.717, 1.165) is 46.2 Å². The van der Waals surface area contributed by atoms with Gasteiger partial charge in [0, 0.05) is 26.3 Å². The Morgan fingerprint density at radius 2 is 1.74 bits per heavy atom. The monoisotopic (exact) mass is 609 g/mol. The molecule has 4 rings (SSSR count). The van der Waals surface area contributed by atoms with E-state index in [2.05, 4.69) is 70.3 Å². The molecule has 0 spiro atoms. The molecular weight excluding hydrogens is 568 g/mol. The van der Waals surface area contributed by atoms with Crippen molar-refractivity contribution < 1.29 is 13.9 Å². The highest BCUT2D eigenvalue weighted by Crippen LogP contribution is 2.51. The van der Waals surface area contributed by atoms with E-state index in [9.17, 15) is 9.50 Å². The van der Waals surface area contributed by atoms with Crippen LogP contribution in [0.3, 0.4) is 0 Å². The van der Waals surface area contributed by atoms with Crippen LogP contribution in [0.25, 0.3) is 0 Å². The van der Waals surface area contributed by atoms with Crippen LogP contribution in [0.15, 0.2) is 24.3 Å². The van der Waals surface area contributed by atoms with E-state index in [1.54, 1.807) is 12.1 Å². The highest BCUT2D eigenvalue weighted by atomic mass is 127. The zero-order valence-electron chi connectivity index (χ0n) is 22.3. The Hall–Kier alpha value is -0.833. The number of halogens is 2. The van der Waals surface area contributed by atoms with Crippen molar-refractivity contribution in [2.75, 3.05) is 0 Å². The summed E-state index contributed by atoms with van der Waals surface area (Å²) in [6, 6.07) is 6.25. The molecule has 6 heteroatoms. The minimum absolute atomic E-state index is 0.0363. The summed E-state index contributed by atoms with van der Waals surface area (Å²) < 4.78 is 21.8. The molecular formula is C29H41FINO2Si. The predicted molar refractivity (Wildman–Crippen MR) is 152 cm³/mol. The summed E-state index contributed by atoms with van der Waals surface area (Å²) in [6.07, 6.45) is 5.62. The molecule has 0 radical (unpaired) electrons. The number of rotatable bonds is 5. The molecule has 1 aromatic carbocycles. The quantitative estimate of drug-likeness (QED) is 0.273. The smallest absolute Gasteiger partial charge is 0.192 e. The maximum atomic E-state index is 13.7. The predicted octanol–water partition coefficient (Wildman–Crippen LogP) is 8.60. The summed E-state index contributed by atoms with van der Waals surface area (Å²) in [5.41, 5.74) is 5.08. The molecule has 192 valence electrons. The molecule has 0 amide bonds. The molecule has 3 nitrogen and oxygen atoms in total. The lowest BCUT2D eigenvalue weighted by molar-refractivity contribution is 0.104. The zero-order valence-corrected chi connectivity index (χ0v) is 25.5. The Bertz CT molecular complexity index is 1070. The first-order valence-corrected chi connectivity index (χ1v) is 17.0. The Labute approximate surface area is 225 Å². The molecule has 1 heterocycles. The van der Waals surface area contributed by atoms with Crippen LogP contribution >= 0.6 is 22.6 Å². The van der Waals surface area contributed by atoms with Gasteiger partial charge in [-0.2, -0.15) is 0 Å². The number of fused-ring (bicyclic) bond motifs is 1. The van der Waals surface area contributed by atoms with Gasteiger partial charge in [0.2, 0.25) is 0 Å². The lowest BCUT2D eigenvalue weighted by atomic mass is 9.74. The van der Waals surface area contributed by atoms with Gasteiger partial charge >= 0.3 is 0 Å². The maximum Gasteiger partial charge on any atom is 0.192 e. The number of nitrogens with zero attached hydrogens (tertiary/aromatic N) is 1. The Kier molecular flexibility index (Phi) is 7.62. The average Bonchev–Trinajstić information content (AvgIpc) is 3.26. The minimum Gasteiger partial charge on any atom is -0.410 e. The Morgan fingerprint density at radius 3 is 2.31 bits per heavy atom. The number of benzene rings is 1. The first-order chi connectivity index (χ1) is 16.2. The number of pyridine rings is 1. The van der Waals surface area contributed by atoms with E-state index in [1.807, 2.05) is 0 Å². The van der Waals surface area contributed by atoms with Gasteiger partial charge in [-0.05, 0) is 89.5 Å². The molecule has 1 N–H and O–H groups in total. The van der Waals surface area contributed by atoms with E-state index in [1.165, 1.54) is 30.5 Å². The van der Waals surface area contributed by atoms with Crippen molar-refractivity contribution >= 4 is 30.9 Å². The van der Waals surface area contributed by atoms with Crippen molar-refractivity contribution in [2.45, 2.75) is 109 Å². The molecule has 2 aliphatic rings. The van der Waals surface area contributed by atoms with Gasteiger partial charge in [-0.1, -0.05) is 59.6 Å². The lowest BCUT2D eigenvalue weighted by Crippen LogP contribution is -2.44. The molecule has 2 aliphatic carbocycles. The topological polar surface area (TPSA) is 42.4 Å². The van der Waals surface area contributed by atoms with Crippen molar-refractivity contribution in [3.63, 3.8) is 0 Å². The van der Waals surface area contributed by atoms with E-state index >= 15 is 0 Å². The summed E-state index contributed by atoms with van der Waals surface area (Å²) in [4.78, 5) is 5.35. The number of hydrogen-bond acceptors (Lipinski definition) is 3. The second-order valence-corrected chi connectivity index (χ2v) is 18.8. The first-order valence-electron chi connectivity index (χ1n) is 13.0. The second kappa shape index (κ2) is 9.80. The number of aromatic nitrogens is 1. The van der Waals surface area contributed by atoms with Gasteiger partial charge in [0.25, 0.3) is 0 Å². The minimum atomic E-state index is -2.04. The standard InChI is InChI=1S/C29H41FINO2Si/c1-28(2,3)35(6,7)34-22-17-29(4,5)16-21-23(22)25(31)24(26(32-21)18-10-8-9-11-18)27(33)19-12-14-20(30)15-13-19/h12-15,18,22,27,33H,8-11,16-17H2,1-7H3/t22-,27?/m1/s1. The summed E-state index contributed by atoms with van der Waals surface area (Å²) in [5.74, 6) is 0.0732. The molecule has 0 bridgehead atoms. The van der Waals surface area contributed by atoms with Crippen LogP contribution in [0.2, 0.25) is 18.1 Å². The second-order valence-electron chi connectivity index (χ2n) is 12.9. The highest BCUT2D eigenvalue weighted by molar-refractivity contribution is 14.1. The van der Waals surface area contributed by atoms with Crippen molar-refractivity contribution in [3.05, 3.63) is 61.7 Å². The van der Waals surface area contributed by atoms with Crippen molar-refractivity contribution in [2.24, 2.45) is 5.41 Å². The van der Waals surface area contributed by atoms with Gasteiger partial charge in [-0.25, -0.2) is 4.39 Å². The van der Waals surface area contributed by atoms with E-state index in [-0.39, 0.29) is 22.4 Å². The van der Waals surface area contributed by atoms with E-state index in [0.29, 0.717) is 11.5 Å². The summed E-state index contributed by atoms with van der Waals surface area (Å²) in [6.45, 7) is 16.1. The summed E-state index contributed by atoms with van der Waals surface area (Å²) >= 11 is 2.45. The first kappa shape index (κ1) is 27.2. The van der Waals surface area contributed by atoms with E-state index < -0.39 is 14.4 Å². The van der Waals surface area contributed by atoms with Crippen LogP contribution in [0, 0.1) is 14.8 Å². The largest absolute Gasteiger partial charge is 0.410 e. The van der Waals surface area contributed by atoms with Crippen LogP contribution in [0.4, 0.5) is 4.39 Å². The number of hydrogen-bond donors (Lipinski definition) is 1. The van der Waals surface area contributed by atoms with Gasteiger partial charge < -0.3 is 9.53 Å². The van der Waals surface area contributed by atoms with Crippen LogP contribution in [0.1, 0.15) is 113 Å². The Balaban J connectivity index is 1.89. The fourth-order valence-electron chi connectivity index (χ4n) is 5.46. The molecule has 0 aliphatic heterocycles. The normalized spacial score (nSPS) is 21.7. The van der Waals surface area contributed by atoms with Crippen LogP contribution < -0.4 is 0 Å². The van der Waals surface area contributed by atoms with Gasteiger partial charge in [-0.3, -0.25) is 4.98 Å². The average molecular weight is 610 g/mol.